The van der Waals surface area contributed by atoms with Crippen LogP contribution in [0.2, 0.25) is 0 Å². The quantitative estimate of drug-likeness (QED) is 0.377. The van der Waals surface area contributed by atoms with Gasteiger partial charge in [-0.05, 0) is 43.2 Å². The van der Waals surface area contributed by atoms with Crippen molar-refractivity contribution in [3.8, 4) is 0 Å². The number of aromatic nitrogens is 1. The molecule has 0 spiro atoms. The van der Waals surface area contributed by atoms with Crippen LogP contribution in [0.15, 0.2) is 34.9 Å². The number of carboxylic acids is 1. The Balaban J connectivity index is 0.00000306. The number of nitrogens with one attached hydrogen (secondary N) is 1. The van der Waals surface area contributed by atoms with Gasteiger partial charge in [-0.1, -0.05) is 44.0 Å². The van der Waals surface area contributed by atoms with Gasteiger partial charge < -0.3 is 19.6 Å². The average molecular weight is 481 g/mol. The van der Waals surface area contributed by atoms with Crippen LogP contribution in [0.3, 0.4) is 0 Å². The number of oxazole rings is 1. The second-order valence-corrected chi connectivity index (χ2v) is 8.88. The van der Waals surface area contributed by atoms with E-state index in [1.54, 1.807) is 0 Å². The third-order valence-electron chi connectivity index (χ3n) is 6.71. The predicted octanol–water partition coefficient (Wildman–Crippen LogP) is 3.47. The molecule has 2 bridgehead atoms. The fourth-order valence-electron chi connectivity index (χ4n) is 5.08. The molecule has 1 aromatic carbocycles. The van der Waals surface area contributed by atoms with Gasteiger partial charge >= 0.3 is 57.4 Å². The summed E-state index contributed by atoms with van der Waals surface area (Å²) >= 11 is 0. The number of benzene rings is 1. The first-order valence-electron chi connectivity index (χ1n) is 11.7. The number of ether oxygens (including phenoxy) is 1. The van der Waals surface area contributed by atoms with Crippen LogP contribution in [0, 0.1) is 5.92 Å². The van der Waals surface area contributed by atoms with Crippen LogP contribution < -0.4 is 5.32 Å². The number of rotatable bonds is 11. The number of hydrogen-bond donors (Lipinski definition) is 2. The fraction of sp³-hybridized carbons (Fsp3) is 0.560. The molecule has 8 heteroatoms. The zero-order chi connectivity index (χ0) is 22.5. The van der Waals surface area contributed by atoms with Crippen molar-refractivity contribution in [2.45, 2.75) is 76.4 Å². The summed E-state index contributed by atoms with van der Waals surface area (Å²) in [6, 6.07) is 8.03. The summed E-state index contributed by atoms with van der Waals surface area (Å²) in [5, 5.41) is 12.0. The Bertz CT molecular complexity index is 946. The summed E-state index contributed by atoms with van der Waals surface area (Å²) in [6.45, 7) is 2.77. The van der Waals surface area contributed by atoms with E-state index in [-0.39, 0.29) is 87.8 Å². The summed E-state index contributed by atoms with van der Waals surface area (Å²) in [4.78, 5) is 28.0. The van der Waals surface area contributed by atoms with E-state index in [0.717, 1.165) is 49.7 Å². The van der Waals surface area contributed by atoms with E-state index in [4.69, 9.17) is 14.3 Å². The number of aliphatic carboxylic acids is 1. The van der Waals surface area contributed by atoms with Gasteiger partial charge in [-0.15, -0.1) is 0 Å². The number of carbonyl (C=O) groups excluding carboxylic acids is 1. The molecule has 2 aliphatic heterocycles. The fourth-order valence-corrected chi connectivity index (χ4v) is 5.08. The molecule has 0 unspecified atom stereocenters. The Morgan fingerprint density at radius 1 is 1.15 bits per heavy atom. The number of aryl methyl sites for hydroxylation is 1. The summed E-state index contributed by atoms with van der Waals surface area (Å²) < 4.78 is 12.0. The van der Waals surface area contributed by atoms with E-state index < -0.39 is 5.97 Å². The number of fused-ring (bicyclic) bond motifs is 2. The molecule has 2 saturated heterocycles. The number of carboxylic acid groups (broad SMARTS) is 1. The zero-order valence-electron chi connectivity index (χ0n) is 18.6. The molecular formula is C25H33KN2O5. The van der Waals surface area contributed by atoms with Crippen molar-refractivity contribution in [2.24, 2.45) is 5.92 Å². The Labute approximate surface area is 237 Å². The minimum absolute atomic E-state index is 0. The first-order valence-corrected chi connectivity index (χ1v) is 11.7. The molecule has 2 aliphatic rings. The summed E-state index contributed by atoms with van der Waals surface area (Å²) in [6.07, 6.45) is 8.17. The Morgan fingerprint density at radius 2 is 1.91 bits per heavy atom. The second-order valence-electron chi connectivity index (χ2n) is 8.88. The second kappa shape index (κ2) is 12.6. The molecule has 2 N–H and O–H groups in total. The molecular weight excluding hydrogens is 447 g/mol. The number of nitrogens with zero attached hydrogens (tertiary/aromatic N) is 1. The van der Waals surface area contributed by atoms with E-state index in [9.17, 15) is 9.59 Å². The van der Waals surface area contributed by atoms with Crippen molar-refractivity contribution in [2.75, 3.05) is 6.54 Å². The summed E-state index contributed by atoms with van der Waals surface area (Å²) in [5.41, 5.74) is 2.54. The van der Waals surface area contributed by atoms with Crippen molar-refractivity contribution < 1.29 is 23.8 Å². The van der Waals surface area contributed by atoms with Gasteiger partial charge in [-0.3, -0.25) is 9.59 Å². The van der Waals surface area contributed by atoms with Crippen molar-refractivity contribution in [1.29, 1.82) is 0 Å². The molecule has 4 rings (SSSR count). The van der Waals surface area contributed by atoms with Gasteiger partial charge in [0, 0.05) is 18.9 Å². The van der Waals surface area contributed by atoms with Crippen molar-refractivity contribution in [3.63, 3.8) is 0 Å². The first kappa shape index (κ1) is 26.6. The Hall–Kier alpha value is -1.03. The van der Waals surface area contributed by atoms with E-state index in [2.05, 4.69) is 23.3 Å². The van der Waals surface area contributed by atoms with Crippen LogP contribution in [-0.2, 0) is 22.4 Å². The van der Waals surface area contributed by atoms with E-state index >= 15 is 0 Å². The van der Waals surface area contributed by atoms with Gasteiger partial charge in [0.05, 0.1) is 18.1 Å². The van der Waals surface area contributed by atoms with Gasteiger partial charge in [0.2, 0.25) is 5.89 Å². The number of hydrogen-bond acceptors (Lipinski definition) is 5. The minimum atomic E-state index is -0.791. The van der Waals surface area contributed by atoms with Crippen LogP contribution in [0.25, 0.3) is 0 Å². The molecule has 2 fully saturated rings. The molecule has 7 nitrogen and oxygen atoms in total. The van der Waals surface area contributed by atoms with Crippen LogP contribution >= 0.6 is 0 Å². The molecule has 0 saturated carbocycles. The van der Waals surface area contributed by atoms with E-state index in [1.807, 2.05) is 18.2 Å². The number of carbonyl (C=O) groups is 2. The van der Waals surface area contributed by atoms with Gasteiger partial charge in [-0.25, -0.2) is 4.98 Å². The maximum absolute atomic E-state index is 12.4. The normalized spacial score (nSPS) is 23.3. The van der Waals surface area contributed by atoms with Crippen LogP contribution in [-0.4, -0.2) is 92.1 Å². The topological polar surface area (TPSA) is 102 Å². The van der Waals surface area contributed by atoms with Gasteiger partial charge in [-0.2, -0.15) is 0 Å². The third kappa shape index (κ3) is 6.55. The molecule has 2 aromatic rings. The predicted molar refractivity (Wildman–Crippen MR) is 126 cm³/mol. The van der Waals surface area contributed by atoms with Crippen molar-refractivity contribution in [1.82, 2.24) is 10.3 Å². The molecule has 0 radical (unpaired) electrons. The molecule has 174 valence electrons. The van der Waals surface area contributed by atoms with Gasteiger partial charge in [0.1, 0.15) is 6.26 Å². The Kier molecular flexibility index (Phi) is 10.1. The summed E-state index contributed by atoms with van der Waals surface area (Å²) in [5.74, 6) is -0.220. The molecule has 4 atom stereocenters. The monoisotopic (exact) mass is 480 g/mol. The van der Waals surface area contributed by atoms with Crippen LogP contribution in [0.4, 0.5) is 0 Å². The summed E-state index contributed by atoms with van der Waals surface area (Å²) in [7, 11) is 0. The van der Waals surface area contributed by atoms with Gasteiger partial charge in [0.15, 0.2) is 5.69 Å². The SMILES string of the molecule is CCCCCNC(=O)c1coc([C@H]2[C@@H](Cc3ccccc3CCC(=O)O)[C@@H]3CC[C@H]2O3)n1.[KH]. The molecule has 1 amide bonds. The maximum atomic E-state index is 12.4. The molecule has 3 heterocycles. The number of unbranched alkanes of at least 4 members (excludes halogenated alkanes) is 2. The number of amides is 1. The average Bonchev–Trinajstić information content (AvgIpc) is 3.52. The van der Waals surface area contributed by atoms with Crippen molar-refractivity contribution >= 4 is 63.3 Å². The molecule has 0 aliphatic carbocycles. The van der Waals surface area contributed by atoms with Crippen LogP contribution in [0.5, 0.6) is 0 Å². The van der Waals surface area contributed by atoms with E-state index in [1.165, 1.54) is 6.26 Å². The molecule has 1 aromatic heterocycles. The van der Waals surface area contributed by atoms with Crippen molar-refractivity contribution in [3.05, 3.63) is 53.2 Å². The first-order chi connectivity index (χ1) is 15.6. The zero-order valence-corrected chi connectivity index (χ0v) is 18.6. The standard InChI is InChI=1S/C25H32N2O5.K.H/c1-2-3-6-13-26-24(30)19-15-31-25(27-19)23-18(20-10-11-21(23)32-20)14-17-8-5-4-7-16(17)9-12-22(28)29;;/h4-5,7-8,15,18,20-21,23H,2-3,6,9-14H2,1H3,(H,26,30)(H,28,29);;/t18-,20-,21+,23-;;/m0../s1. The Morgan fingerprint density at radius 3 is 2.67 bits per heavy atom. The van der Waals surface area contributed by atoms with E-state index in [0.29, 0.717) is 24.6 Å². The van der Waals surface area contributed by atoms with Gasteiger partial charge in [0.25, 0.3) is 5.91 Å². The van der Waals surface area contributed by atoms with Crippen LogP contribution in [0.1, 0.15) is 78.9 Å². The third-order valence-corrected chi connectivity index (χ3v) is 6.71. The molecule has 33 heavy (non-hydrogen) atoms.